The van der Waals surface area contributed by atoms with Gasteiger partial charge in [0.15, 0.2) is 11.3 Å². The van der Waals surface area contributed by atoms with Gasteiger partial charge in [0.05, 0.1) is 7.05 Å². The lowest BCUT2D eigenvalue weighted by Crippen LogP contribution is -2.71. The van der Waals surface area contributed by atoms with Crippen LogP contribution in [-0.4, -0.2) is 76.5 Å². The average Bonchev–Trinajstić information content (AvgIpc) is 3.50. The first-order valence-corrected chi connectivity index (χ1v) is 12.7. The molecular weight excluding hydrogens is 541 g/mol. The van der Waals surface area contributed by atoms with E-state index in [2.05, 4.69) is 29.8 Å². The third-order valence-corrected chi connectivity index (χ3v) is 7.51. The van der Waals surface area contributed by atoms with Gasteiger partial charge in [-0.25, -0.2) is 13.8 Å². The Morgan fingerprint density at radius 3 is 2.95 bits per heavy atom. The van der Waals surface area contributed by atoms with Gasteiger partial charge in [-0.3, -0.25) is 14.5 Å². The van der Waals surface area contributed by atoms with E-state index < -0.39 is 41.8 Å². The molecule has 1 fully saturated rings. The topological polar surface area (TPSA) is 181 Å². The molecule has 3 aromatic rings. The third-order valence-electron chi connectivity index (χ3n) is 5.67. The first kappa shape index (κ1) is 25.3. The second kappa shape index (κ2) is 10.2. The maximum atomic E-state index is 13.0. The highest BCUT2D eigenvalue weighted by Gasteiger charge is 2.54. The van der Waals surface area contributed by atoms with Crippen LogP contribution in [0.15, 0.2) is 47.0 Å². The molecule has 2 amide bonds. The Hall–Kier alpha value is -4.38. The van der Waals surface area contributed by atoms with Crippen LogP contribution in [0.3, 0.4) is 0 Å². The molecular formula is C21H19FN9O5S2+. The number of amides is 2. The van der Waals surface area contributed by atoms with Crippen molar-refractivity contribution in [1.82, 2.24) is 29.2 Å². The number of nitrogens with zero attached hydrogens (tertiary/aromatic N) is 7. The fraction of sp³-hybridized carbons (Fsp3) is 0.238. The fourth-order valence-electron chi connectivity index (χ4n) is 3.93. The SMILES string of the molecule is C[n+]1ccn2nc(/C=C/C3=C(C(=O)O)N4C(=O)[C@@H](NC(=O)/C(=N\OCF)c5nsc(N)n5)[C@H]4SC3)ccc21. The highest BCUT2D eigenvalue weighted by molar-refractivity contribution is 8.00. The van der Waals surface area contributed by atoms with Crippen molar-refractivity contribution in [3.05, 3.63) is 53.4 Å². The van der Waals surface area contributed by atoms with Gasteiger partial charge in [-0.2, -0.15) is 9.36 Å². The van der Waals surface area contributed by atoms with Crippen molar-refractivity contribution < 1.29 is 33.3 Å². The number of allylic oxidation sites excluding steroid dienone is 1. The molecule has 0 saturated carbocycles. The highest BCUT2D eigenvalue weighted by Crippen LogP contribution is 2.40. The lowest BCUT2D eigenvalue weighted by molar-refractivity contribution is -0.644. The van der Waals surface area contributed by atoms with Crippen LogP contribution >= 0.6 is 23.3 Å². The average molecular weight is 561 g/mol. The van der Waals surface area contributed by atoms with Crippen molar-refractivity contribution in [3.8, 4) is 0 Å². The Balaban J connectivity index is 1.35. The van der Waals surface area contributed by atoms with Gasteiger partial charge in [0, 0.05) is 23.4 Å². The first-order chi connectivity index (χ1) is 18.3. The summed E-state index contributed by atoms with van der Waals surface area (Å²) in [6.07, 6.45) is 6.93. The number of halogens is 1. The molecule has 0 aliphatic carbocycles. The summed E-state index contributed by atoms with van der Waals surface area (Å²) in [4.78, 5) is 47.2. The largest absolute Gasteiger partial charge is 0.477 e. The van der Waals surface area contributed by atoms with E-state index in [1.54, 1.807) is 28.9 Å². The van der Waals surface area contributed by atoms with Crippen molar-refractivity contribution in [2.45, 2.75) is 11.4 Å². The van der Waals surface area contributed by atoms with Crippen LogP contribution in [0.25, 0.3) is 11.7 Å². The predicted octanol–water partition coefficient (Wildman–Crippen LogP) is -0.308. The zero-order valence-electron chi connectivity index (χ0n) is 19.5. The van der Waals surface area contributed by atoms with Crippen LogP contribution in [0, 0.1) is 0 Å². The van der Waals surface area contributed by atoms with E-state index in [1.165, 1.54) is 11.8 Å². The Morgan fingerprint density at radius 2 is 2.24 bits per heavy atom. The van der Waals surface area contributed by atoms with Crippen LogP contribution in [-0.2, 0) is 26.3 Å². The number of β-lactam (4-membered cyclic amide) rings is 1. The second-order valence-electron chi connectivity index (χ2n) is 7.98. The molecule has 3 aromatic heterocycles. The number of carbonyl (C=O) groups excluding carboxylic acids is 2. The summed E-state index contributed by atoms with van der Waals surface area (Å²) in [5, 5.41) is 19.6. The van der Waals surface area contributed by atoms with E-state index >= 15 is 0 Å². The third kappa shape index (κ3) is 4.56. The number of carbonyl (C=O) groups is 3. The number of aliphatic carboxylic acids is 1. The number of nitrogen functional groups attached to an aromatic ring is 1. The Labute approximate surface area is 221 Å². The number of rotatable bonds is 8. The summed E-state index contributed by atoms with van der Waals surface area (Å²) < 4.78 is 20.0. The smallest absolute Gasteiger partial charge is 0.352 e. The minimum absolute atomic E-state index is 0.0452. The molecule has 0 bridgehead atoms. The van der Waals surface area contributed by atoms with Crippen LogP contribution in [0.4, 0.5) is 9.52 Å². The summed E-state index contributed by atoms with van der Waals surface area (Å²) in [5.74, 6) is -2.75. The minimum atomic E-state index is -1.30. The van der Waals surface area contributed by atoms with Gasteiger partial charge in [-0.15, -0.1) is 16.3 Å². The van der Waals surface area contributed by atoms with Gasteiger partial charge in [0.25, 0.3) is 18.7 Å². The maximum absolute atomic E-state index is 13.0. The standard InChI is InChI=1S/C21H18FN9O5S2/c1-29-6-7-30-12(29)5-4-11(26-30)3-2-10-8-37-19-14(18(33)31(19)15(10)20(34)35)24-17(32)13(27-36-9-22)16-25-21(23)38-28-16/h2-7,14,19H,8-9H2,1H3,(H3-,23,24,25,28,32,34,35)/p+1/b3-2+,27-13-/t14-,19-/m1/s1. The van der Waals surface area contributed by atoms with E-state index in [4.69, 9.17) is 5.73 Å². The van der Waals surface area contributed by atoms with Gasteiger partial charge in [-0.1, -0.05) is 16.3 Å². The molecule has 0 unspecified atom stereocenters. The van der Waals surface area contributed by atoms with Crippen LogP contribution in [0.2, 0.25) is 0 Å². The summed E-state index contributed by atoms with van der Waals surface area (Å²) in [6.45, 7) is -1.30. The molecule has 14 nitrogen and oxygen atoms in total. The first-order valence-electron chi connectivity index (χ1n) is 10.9. The molecule has 5 rings (SSSR count). The monoisotopic (exact) mass is 560 g/mol. The van der Waals surface area contributed by atoms with Gasteiger partial charge in [-0.05, 0) is 17.7 Å². The number of aryl methyl sites for hydroxylation is 1. The number of hydrogen-bond donors (Lipinski definition) is 3. The predicted molar refractivity (Wildman–Crippen MR) is 133 cm³/mol. The van der Waals surface area contributed by atoms with Crippen molar-refractivity contribution in [2.75, 3.05) is 18.3 Å². The zero-order valence-corrected chi connectivity index (χ0v) is 21.1. The number of nitrogens with two attached hydrogens (primary N) is 1. The molecule has 5 heterocycles. The number of imidazole rings is 1. The second-order valence-corrected chi connectivity index (χ2v) is 9.87. The Kier molecular flexibility index (Phi) is 6.77. The van der Waals surface area contributed by atoms with E-state index in [-0.39, 0.29) is 22.4 Å². The van der Waals surface area contributed by atoms with Crippen LogP contribution in [0.1, 0.15) is 11.5 Å². The fourth-order valence-corrected chi connectivity index (χ4v) is 5.69. The number of fused-ring (bicyclic) bond motifs is 2. The number of carboxylic acids is 1. The maximum Gasteiger partial charge on any atom is 0.352 e. The molecule has 0 spiro atoms. The number of carboxylic acid groups (broad SMARTS) is 1. The quantitative estimate of drug-likeness (QED) is 0.143. The van der Waals surface area contributed by atoms with Crippen LogP contribution < -0.4 is 15.6 Å². The Morgan fingerprint density at radius 1 is 1.42 bits per heavy atom. The number of nitrogens with one attached hydrogen (secondary N) is 1. The number of aromatic nitrogens is 5. The van der Waals surface area contributed by atoms with Gasteiger partial charge < -0.3 is 21.0 Å². The van der Waals surface area contributed by atoms with Crippen molar-refractivity contribution >= 4 is 63.6 Å². The summed E-state index contributed by atoms with van der Waals surface area (Å²) >= 11 is 2.07. The van der Waals surface area contributed by atoms with Crippen molar-refractivity contribution in [2.24, 2.45) is 12.2 Å². The summed E-state index contributed by atoms with van der Waals surface area (Å²) in [6, 6.07) is 2.61. The normalized spacial score (nSPS) is 19.6. The lowest BCUT2D eigenvalue weighted by Gasteiger charge is -2.49. The molecule has 0 aromatic carbocycles. The Bertz CT molecular complexity index is 1550. The van der Waals surface area contributed by atoms with E-state index in [1.807, 2.05) is 23.9 Å². The van der Waals surface area contributed by atoms with Gasteiger partial charge in [0.1, 0.15) is 29.0 Å². The number of hydrogen-bond acceptors (Lipinski definition) is 11. The van der Waals surface area contributed by atoms with Gasteiger partial charge in [0.2, 0.25) is 11.5 Å². The van der Waals surface area contributed by atoms with Gasteiger partial charge >= 0.3 is 11.6 Å². The molecule has 196 valence electrons. The van der Waals surface area contributed by atoms with Crippen molar-refractivity contribution in [1.29, 1.82) is 0 Å². The number of thioether (sulfide) groups is 1. The zero-order chi connectivity index (χ0) is 27.0. The number of alkyl halides is 1. The van der Waals surface area contributed by atoms with E-state index in [0.717, 1.165) is 22.1 Å². The number of oxime groups is 1. The van der Waals surface area contributed by atoms with E-state index in [0.29, 0.717) is 11.3 Å². The molecule has 4 N–H and O–H groups in total. The van der Waals surface area contributed by atoms with Crippen LogP contribution in [0.5, 0.6) is 0 Å². The summed E-state index contributed by atoms with van der Waals surface area (Å²) in [5.41, 5.74) is 6.77. The minimum Gasteiger partial charge on any atom is -0.477 e. The molecule has 38 heavy (non-hydrogen) atoms. The molecule has 2 aliphatic heterocycles. The van der Waals surface area contributed by atoms with Crippen molar-refractivity contribution in [3.63, 3.8) is 0 Å². The highest BCUT2D eigenvalue weighted by atomic mass is 32.2. The number of anilines is 1. The summed E-state index contributed by atoms with van der Waals surface area (Å²) in [7, 11) is 1.89. The molecule has 2 aliphatic rings. The molecule has 17 heteroatoms. The molecule has 2 atom stereocenters. The molecule has 1 saturated heterocycles. The van der Waals surface area contributed by atoms with E-state index in [9.17, 15) is 23.9 Å². The molecule has 0 radical (unpaired) electrons. The lowest BCUT2D eigenvalue weighted by atomic mass is 10.0.